The van der Waals surface area contributed by atoms with E-state index < -0.39 is 0 Å². The summed E-state index contributed by atoms with van der Waals surface area (Å²) in [6, 6.07) is 0. The van der Waals surface area contributed by atoms with E-state index in [9.17, 15) is 0 Å². The maximum absolute atomic E-state index is 2.62. The zero-order valence-electron chi connectivity index (χ0n) is 11.4. The molecule has 0 aromatic carbocycles. The predicted molar refractivity (Wildman–Crippen MR) is 71.7 cm³/mol. The van der Waals surface area contributed by atoms with Gasteiger partial charge in [0.1, 0.15) is 0 Å². The molecule has 96 valence electrons. The maximum atomic E-state index is 2.62. The largest absolute Gasteiger partial charge is 0.0620 e. The fourth-order valence-electron chi connectivity index (χ4n) is 6.70. The molecule has 0 amide bonds. The molecule has 4 aliphatic rings. The SMILES string of the molecule is CC1C2CCCCC2C2C3CCCCC3CC12. The first-order valence-electron chi connectivity index (χ1n) is 8.36. The lowest BCUT2D eigenvalue weighted by Crippen LogP contribution is -2.28. The van der Waals surface area contributed by atoms with E-state index in [0.29, 0.717) is 0 Å². The third-order valence-electron chi connectivity index (χ3n) is 7.25. The van der Waals surface area contributed by atoms with Crippen LogP contribution in [0.2, 0.25) is 0 Å². The molecule has 0 spiro atoms. The van der Waals surface area contributed by atoms with Crippen molar-refractivity contribution >= 4 is 0 Å². The Kier molecular flexibility index (Phi) is 2.56. The lowest BCUT2D eigenvalue weighted by Gasteiger charge is -2.36. The molecule has 0 heterocycles. The number of fused-ring (bicyclic) bond motifs is 5. The van der Waals surface area contributed by atoms with Crippen LogP contribution >= 0.6 is 0 Å². The van der Waals surface area contributed by atoms with Crippen LogP contribution in [-0.2, 0) is 0 Å². The molecule has 17 heavy (non-hydrogen) atoms. The minimum Gasteiger partial charge on any atom is -0.0620 e. The van der Waals surface area contributed by atoms with Gasteiger partial charge in [0.05, 0.1) is 0 Å². The molecule has 0 N–H and O–H groups in total. The third-order valence-corrected chi connectivity index (χ3v) is 7.25. The summed E-state index contributed by atoms with van der Waals surface area (Å²) in [6.07, 6.45) is 14.2. The molecular formula is C17H28. The molecule has 0 aromatic rings. The van der Waals surface area contributed by atoms with Gasteiger partial charge in [-0.2, -0.15) is 0 Å². The Morgan fingerprint density at radius 3 is 2.12 bits per heavy atom. The van der Waals surface area contributed by atoms with Crippen LogP contribution in [0.25, 0.3) is 0 Å². The van der Waals surface area contributed by atoms with Crippen molar-refractivity contribution in [1.82, 2.24) is 0 Å². The molecular weight excluding hydrogens is 204 g/mol. The van der Waals surface area contributed by atoms with E-state index in [0.717, 1.165) is 29.6 Å². The second-order valence-corrected chi connectivity index (χ2v) is 7.66. The lowest BCUT2D eigenvalue weighted by molar-refractivity contribution is 0.131. The Morgan fingerprint density at radius 2 is 1.29 bits per heavy atom. The molecule has 4 rings (SSSR count). The topological polar surface area (TPSA) is 0 Å². The van der Waals surface area contributed by atoms with Crippen molar-refractivity contribution in [2.75, 3.05) is 0 Å². The first kappa shape index (κ1) is 10.9. The summed E-state index contributed by atoms with van der Waals surface area (Å²) in [6.45, 7) is 2.62. The van der Waals surface area contributed by atoms with Crippen LogP contribution in [0, 0.1) is 41.4 Å². The van der Waals surface area contributed by atoms with E-state index in [4.69, 9.17) is 0 Å². The number of hydrogen-bond acceptors (Lipinski definition) is 0. The van der Waals surface area contributed by atoms with E-state index in [1.165, 1.54) is 11.8 Å². The molecule has 0 saturated heterocycles. The average Bonchev–Trinajstić information content (AvgIpc) is 2.88. The van der Waals surface area contributed by atoms with Crippen molar-refractivity contribution in [3.05, 3.63) is 0 Å². The monoisotopic (exact) mass is 232 g/mol. The van der Waals surface area contributed by atoms with Crippen LogP contribution in [-0.4, -0.2) is 0 Å². The Labute approximate surface area is 107 Å². The predicted octanol–water partition coefficient (Wildman–Crippen LogP) is 4.89. The smallest absolute Gasteiger partial charge is 0.0321 e. The zero-order valence-corrected chi connectivity index (χ0v) is 11.4. The summed E-state index contributed by atoms with van der Waals surface area (Å²) < 4.78 is 0. The van der Waals surface area contributed by atoms with E-state index in [-0.39, 0.29) is 0 Å². The minimum atomic E-state index is 1.08. The summed E-state index contributed by atoms with van der Waals surface area (Å²) in [7, 11) is 0. The van der Waals surface area contributed by atoms with Crippen LogP contribution in [0.4, 0.5) is 0 Å². The van der Waals surface area contributed by atoms with Gasteiger partial charge < -0.3 is 0 Å². The summed E-state index contributed by atoms with van der Waals surface area (Å²) >= 11 is 0. The van der Waals surface area contributed by atoms with Crippen molar-refractivity contribution in [1.29, 1.82) is 0 Å². The van der Waals surface area contributed by atoms with Crippen LogP contribution in [0.1, 0.15) is 64.7 Å². The lowest BCUT2D eigenvalue weighted by atomic mass is 9.69. The molecule has 0 bridgehead atoms. The summed E-state index contributed by atoms with van der Waals surface area (Å²) in [4.78, 5) is 0. The van der Waals surface area contributed by atoms with Crippen LogP contribution in [0.5, 0.6) is 0 Å². The van der Waals surface area contributed by atoms with Crippen molar-refractivity contribution in [3.63, 3.8) is 0 Å². The van der Waals surface area contributed by atoms with Crippen LogP contribution in [0.15, 0.2) is 0 Å². The molecule has 4 saturated carbocycles. The zero-order chi connectivity index (χ0) is 11.4. The Balaban J connectivity index is 1.63. The first-order chi connectivity index (χ1) is 8.36. The molecule has 7 atom stereocenters. The van der Waals surface area contributed by atoms with Crippen LogP contribution < -0.4 is 0 Å². The van der Waals surface area contributed by atoms with Crippen molar-refractivity contribution < 1.29 is 0 Å². The quantitative estimate of drug-likeness (QED) is 0.558. The van der Waals surface area contributed by atoms with Crippen LogP contribution in [0.3, 0.4) is 0 Å². The number of hydrogen-bond donors (Lipinski definition) is 0. The van der Waals surface area contributed by atoms with Gasteiger partial charge in [-0.05, 0) is 67.1 Å². The Hall–Kier alpha value is 0. The molecule has 7 unspecified atom stereocenters. The Bertz CT molecular complexity index is 294. The van der Waals surface area contributed by atoms with Crippen molar-refractivity contribution in [2.24, 2.45) is 41.4 Å². The standard InChI is InChI=1S/C17H28/c1-11-13-7-4-5-9-15(13)17-14-8-3-2-6-12(14)10-16(11)17/h11-17H,2-10H2,1H3. The van der Waals surface area contributed by atoms with E-state index in [1.807, 2.05) is 0 Å². The van der Waals surface area contributed by atoms with E-state index in [1.54, 1.807) is 57.8 Å². The van der Waals surface area contributed by atoms with Gasteiger partial charge >= 0.3 is 0 Å². The summed E-state index contributed by atoms with van der Waals surface area (Å²) in [5, 5.41) is 0. The maximum Gasteiger partial charge on any atom is -0.0321 e. The summed E-state index contributed by atoms with van der Waals surface area (Å²) in [5.41, 5.74) is 0. The normalized spacial score (nSPS) is 57.4. The molecule has 0 heteroatoms. The molecule has 0 aromatic heterocycles. The highest BCUT2D eigenvalue weighted by Gasteiger charge is 2.56. The van der Waals surface area contributed by atoms with Gasteiger partial charge in [-0.3, -0.25) is 0 Å². The minimum absolute atomic E-state index is 1.08. The molecule has 0 aliphatic heterocycles. The van der Waals surface area contributed by atoms with E-state index >= 15 is 0 Å². The highest BCUT2D eigenvalue weighted by atomic mass is 14.6. The van der Waals surface area contributed by atoms with Crippen molar-refractivity contribution in [2.45, 2.75) is 64.7 Å². The summed E-state index contributed by atoms with van der Waals surface area (Å²) in [5.74, 6) is 8.04. The van der Waals surface area contributed by atoms with E-state index in [2.05, 4.69) is 6.92 Å². The molecule has 0 nitrogen and oxygen atoms in total. The van der Waals surface area contributed by atoms with Crippen molar-refractivity contribution in [3.8, 4) is 0 Å². The van der Waals surface area contributed by atoms with Gasteiger partial charge in [0, 0.05) is 0 Å². The highest BCUT2D eigenvalue weighted by Crippen LogP contribution is 2.64. The fraction of sp³-hybridized carbons (Fsp3) is 1.00. The number of rotatable bonds is 0. The highest BCUT2D eigenvalue weighted by molar-refractivity contribution is 5.05. The fourth-order valence-corrected chi connectivity index (χ4v) is 6.70. The molecule has 4 aliphatic carbocycles. The van der Waals surface area contributed by atoms with Gasteiger partial charge in [0.2, 0.25) is 0 Å². The molecule has 0 radical (unpaired) electrons. The van der Waals surface area contributed by atoms with Gasteiger partial charge in [-0.25, -0.2) is 0 Å². The molecule has 4 fully saturated rings. The van der Waals surface area contributed by atoms with Gasteiger partial charge in [-0.15, -0.1) is 0 Å². The van der Waals surface area contributed by atoms with Gasteiger partial charge in [0.15, 0.2) is 0 Å². The Morgan fingerprint density at radius 1 is 0.647 bits per heavy atom. The second-order valence-electron chi connectivity index (χ2n) is 7.66. The van der Waals surface area contributed by atoms with Gasteiger partial charge in [-0.1, -0.05) is 39.0 Å². The average molecular weight is 232 g/mol. The third kappa shape index (κ3) is 1.48. The second kappa shape index (κ2) is 4.00. The first-order valence-corrected chi connectivity index (χ1v) is 8.36. The van der Waals surface area contributed by atoms with Gasteiger partial charge in [0.25, 0.3) is 0 Å².